The zero-order valence-corrected chi connectivity index (χ0v) is 41.3. The maximum absolute atomic E-state index is 13.7. The molecule has 376 valence electrons. The number of aliphatic hydroxyl groups excluding tert-OH is 3. The molecule has 1 saturated heterocycles. The number of hydrogen-bond acceptors (Lipinski definition) is 13. The molecular weight excluding hydrogens is 851 g/mol. The minimum atomic E-state index is -1.39. The highest BCUT2D eigenvalue weighted by Gasteiger charge is 2.44. The van der Waals surface area contributed by atoms with Crippen molar-refractivity contribution in [2.24, 2.45) is 0 Å². The van der Waals surface area contributed by atoms with E-state index in [-0.39, 0.29) is 54.6 Å². The molecule has 0 aliphatic carbocycles. The van der Waals surface area contributed by atoms with Gasteiger partial charge < -0.3 is 40.2 Å². The maximum Gasteiger partial charge on any atom is 0.306 e. The summed E-state index contributed by atoms with van der Waals surface area (Å²) in [6.07, 6.45) is 26.9. The van der Waals surface area contributed by atoms with Gasteiger partial charge in [0.2, 0.25) is 11.8 Å². The first-order valence-corrected chi connectivity index (χ1v) is 26.9. The van der Waals surface area contributed by atoms with Gasteiger partial charge in [-0.05, 0) is 19.3 Å². The summed E-state index contributed by atoms with van der Waals surface area (Å²) < 4.78 is 18.2. The molecule has 1 unspecified atom stereocenters. The Hall–Kier alpha value is -2.79. The summed E-state index contributed by atoms with van der Waals surface area (Å²) in [5.41, 5.74) is 0. The second-order valence-corrected chi connectivity index (χ2v) is 19.1. The fourth-order valence-corrected chi connectivity index (χ4v) is 8.95. The lowest BCUT2D eigenvalue weighted by Crippen LogP contribution is -2.45. The molecule has 1 aromatic heterocycles. The molecule has 0 radical (unpaired) electrons. The quantitative estimate of drug-likeness (QED) is 0.0306. The third-order valence-electron chi connectivity index (χ3n) is 12.0. The van der Waals surface area contributed by atoms with Crippen LogP contribution in [0.3, 0.4) is 0 Å². The predicted octanol–water partition coefficient (Wildman–Crippen LogP) is 9.26. The van der Waals surface area contributed by atoms with Gasteiger partial charge in [-0.2, -0.15) is 11.8 Å². The number of unbranched alkanes of at least 4 members (excludes halogenated alkanes) is 24. The fourth-order valence-electron chi connectivity index (χ4n) is 7.91. The summed E-state index contributed by atoms with van der Waals surface area (Å²) in [4.78, 5) is 52.8. The Morgan fingerprint density at radius 2 is 1.15 bits per heavy atom. The first kappa shape index (κ1) is 58.3. The van der Waals surface area contributed by atoms with Gasteiger partial charge in [0.1, 0.15) is 37.1 Å². The SMILES string of the molecule is CCCCCCCCCCCC(=O)N[C@H](CSC[C@@H](COC(=O)CCCCCCCCCCC)OC(=O)CCCCCCCCCCC)C(=O)Nc1cn([C@H]2OC(CO)[C@@H](O)[C@H]2O)nn1. The number of ether oxygens (including phenoxy) is 3. The van der Waals surface area contributed by atoms with E-state index in [1.165, 1.54) is 121 Å². The second-order valence-electron chi connectivity index (χ2n) is 18.0. The van der Waals surface area contributed by atoms with E-state index in [1.807, 2.05) is 0 Å². The van der Waals surface area contributed by atoms with Crippen molar-refractivity contribution >= 4 is 41.3 Å². The minimum Gasteiger partial charge on any atom is -0.462 e. The molecule has 1 aliphatic rings. The van der Waals surface area contributed by atoms with Crippen LogP contribution in [0.25, 0.3) is 0 Å². The molecule has 0 saturated carbocycles. The van der Waals surface area contributed by atoms with Gasteiger partial charge in [-0.25, -0.2) is 4.68 Å². The van der Waals surface area contributed by atoms with E-state index in [9.17, 15) is 34.5 Å². The van der Waals surface area contributed by atoms with Gasteiger partial charge in [-0.3, -0.25) is 19.2 Å². The molecule has 0 aromatic carbocycles. The van der Waals surface area contributed by atoms with Crippen LogP contribution in [-0.2, 0) is 33.4 Å². The molecule has 65 heavy (non-hydrogen) atoms. The number of carbonyl (C=O) groups is 4. The summed E-state index contributed by atoms with van der Waals surface area (Å²) in [5, 5.41) is 43.6. The molecule has 0 spiro atoms. The van der Waals surface area contributed by atoms with E-state index in [0.717, 1.165) is 68.9 Å². The van der Waals surface area contributed by atoms with Crippen LogP contribution in [0.5, 0.6) is 0 Å². The lowest BCUT2D eigenvalue weighted by atomic mass is 10.1. The Kier molecular flexibility index (Phi) is 34.3. The Labute approximate surface area is 395 Å². The molecule has 2 heterocycles. The van der Waals surface area contributed by atoms with Crippen molar-refractivity contribution < 1.29 is 48.7 Å². The van der Waals surface area contributed by atoms with E-state index >= 15 is 0 Å². The average Bonchev–Trinajstić information content (AvgIpc) is 3.87. The molecule has 6 atom stereocenters. The van der Waals surface area contributed by atoms with Gasteiger partial charge in [0.25, 0.3) is 0 Å². The van der Waals surface area contributed by atoms with Crippen molar-refractivity contribution in [1.82, 2.24) is 20.3 Å². The molecule has 1 fully saturated rings. The summed E-state index contributed by atoms with van der Waals surface area (Å²) in [6.45, 7) is 6.02. The number of hydrogen-bond donors (Lipinski definition) is 5. The third-order valence-corrected chi connectivity index (χ3v) is 13.2. The lowest BCUT2D eigenvalue weighted by molar-refractivity contribution is -0.157. The number of esters is 2. The zero-order chi connectivity index (χ0) is 47.3. The average molecular weight is 940 g/mol. The van der Waals surface area contributed by atoms with E-state index in [2.05, 4.69) is 41.7 Å². The van der Waals surface area contributed by atoms with Crippen LogP contribution < -0.4 is 10.6 Å². The lowest BCUT2D eigenvalue weighted by Gasteiger charge is -2.21. The van der Waals surface area contributed by atoms with Crippen molar-refractivity contribution in [3.63, 3.8) is 0 Å². The highest BCUT2D eigenvalue weighted by molar-refractivity contribution is 7.99. The molecule has 16 heteroatoms. The summed E-state index contributed by atoms with van der Waals surface area (Å²) in [7, 11) is 0. The van der Waals surface area contributed by atoms with Crippen molar-refractivity contribution in [1.29, 1.82) is 0 Å². The molecule has 1 aromatic rings. The smallest absolute Gasteiger partial charge is 0.306 e. The Bertz CT molecular complexity index is 1390. The van der Waals surface area contributed by atoms with Crippen molar-refractivity contribution in [3.05, 3.63) is 6.20 Å². The Morgan fingerprint density at radius 3 is 1.65 bits per heavy atom. The number of nitrogens with zero attached hydrogens (tertiary/aromatic N) is 3. The summed E-state index contributed by atoms with van der Waals surface area (Å²) in [6, 6.07) is -1.00. The van der Waals surface area contributed by atoms with E-state index < -0.39 is 49.2 Å². The van der Waals surface area contributed by atoms with Crippen LogP contribution in [0.1, 0.15) is 220 Å². The standard InChI is InChI=1S/C49H89N5O10S/c1-4-7-10-13-16-19-22-25-28-31-43(56)50-40(48(61)51-42-34-54(53-52-42)49-47(60)46(59)41(35-55)64-49)38-65-37-39(63-45(58)33-30-27-24-21-18-15-12-9-6-3)36-62-44(57)32-29-26-23-20-17-14-11-8-5-2/h34,39-41,46-47,49,55,59-60H,4-33,35-38H2,1-3H3,(H,50,56)(H,51,61)/t39-,40-,41?,46-,47-,49+/m1/s1. The largest absolute Gasteiger partial charge is 0.462 e. The van der Waals surface area contributed by atoms with Gasteiger partial charge in [0.15, 0.2) is 12.0 Å². The number of rotatable bonds is 42. The van der Waals surface area contributed by atoms with Crippen molar-refractivity contribution in [3.8, 4) is 0 Å². The predicted molar refractivity (Wildman–Crippen MR) is 257 cm³/mol. The second kappa shape index (κ2) is 38.2. The number of nitrogens with one attached hydrogen (secondary N) is 2. The molecule has 5 N–H and O–H groups in total. The molecule has 0 bridgehead atoms. The van der Waals surface area contributed by atoms with Gasteiger partial charge in [0, 0.05) is 30.8 Å². The van der Waals surface area contributed by atoms with Crippen LogP contribution >= 0.6 is 11.8 Å². The Morgan fingerprint density at radius 1 is 0.677 bits per heavy atom. The molecule has 1 aliphatic heterocycles. The number of anilines is 1. The number of carbonyl (C=O) groups excluding carboxylic acids is 4. The number of amides is 2. The van der Waals surface area contributed by atoms with Crippen LogP contribution in [0.2, 0.25) is 0 Å². The van der Waals surface area contributed by atoms with Gasteiger partial charge in [-0.15, -0.1) is 5.10 Å². The van der Waals surface area contributed by atoms with Crippen LogP contribution in [-0.4, -0.2) is 109 Å². The maximum atomic E-state index is 13.7. The number of aromatic nitrogens is 3. The third kappa shape index (κ3) is 27.6. The molecule has 15 nitrogen and oxygen atoms in total. The fraction of sp³-hybridized carbons (Fsp3) is 0.878. The van der Waals surface area contributed by atoms with Gasteiger partial charge in [-0.1, -0.05) is 180 Å². The van der Waals surface area contributed by atoms with Crippen LogP contribution in [0, 0.1) is 0 Å². The number of aliphatic hydroxyl groups is 3. The first-order valence-electron chi connectivity index (χ1n) is 25.7. The van der Waals surface area contributed by atoms with Crippen LogP contribution in [0.15, 0.2) is 6.20 Å². The first-order chi connectivity index (χ1) is 31.6. The van der Waals surface area contributed by atoms with E-state index in [1.54, 1.807) is 0 Å². The monoisotopic (exact) mass is 940 g/mol. The van der Waals surface area contributed by atoms with Gasteiger partial charge in [0.05, 0.1) is 12.8 Å². The van der Waals surface area contributed by atoms with E-state index in [0.29, 0.717) is 12.8 Å². The Balaban J connectivity index is 2.02. The van der Waals surface area contributed by atoms with Crippen molar-refractivity contribution in [2.45, 2.75) is 250 Å². The summed E-state index contributed by atoms with van der Waals surface area (Å²) >= 11 is 1.30. The zero-order valence-electron chi connectivity index (χ0n) is 40.5. The molecule has 2 amide bonds. The minimum absolute atomic E-state index is 0.0260. The normalized spacial score (nSPS) is 18.1. The topological polar surface area (TPSA) is 211 Å². The molecule has 2 rings (SSSR count). The van der Waals surface area contributed by atoms with E-state index in [4.69, 9.17) is 14.2 Å². The summed E-state index contributed by atoms with van der Waals surface area (Å²) in [5.74, 6) is -1.13. The van der Waals surface area contributed by atoms with Crippen molar-refractivity contribution in [2.75, 3.05) is 30.0 Å². The molecular formula is C49H89N5O10S. The highest BCUT2D eigenvalue weighted by Crippen LogP contribution is 2.29. The van der Waals surface area contributed by atoms with Gasteiger partial charge >= 0.3 is 11.9 Å². The van der Waals surface area contributed by atoms with Crippen LogP contribution in [0.4, 0.5) is 5.82 Å². The highest BCUT2D eigenvalue weighted by atomic mass is 32.2. The number of thioether (sulfide) groups is 1.